The van der Waals surface area contributed by atoms with Crippen LogP contribution in [-0.2, 0) is 14.2 Å². The van der Waals surface area contributed by atoms with Gasteiger partial charge < -0.3 is 29.6 Å². The van der Waals surface area contributed by atoms with Gasteiger partial charge in [-0.15, -0.1) is 0 Å². The second-order valence-electron chi connectivity index (χ2n) is 8.51. The van der Waals surface area contributed by atoms with Gasteiger partial charge in [-0.25, -0.2) is 9.97 Å². The molecule has 0 bridgehead atoms. The highest BCUT2D eigenvalue weighted by Crippen LogP contribution is 2.53. The molecule has 0 spiro atoms. The number of halogens is 2. The van der Waals surface area contributed by atoms with Crippen LogP contribution in [0.4, 0.5) is 5.82 Å². The van der Waals surface area contributed by atoms with E-state index in [9.17, 15) is 5.11 Å². The third kappa shape index (κ3) is 3.21. The number of nitrogen functional groups attached to an aromatic ring is 1. The van der Waals surface area contributed by atoms with Gasteiger partial charge in [-0.3, -0.25) is 0 Å². The zero-order chi connectivity index (χ0) is 22.1. The maximum absolute atomic E-state index is 11.3. The second-order valence-corrected chi connectivity index (χ2v) is 9.32. The van der Waals surface area contributed by atoms with E-state index in [4.69, 9.17) is 43.1 Å². The Morgan fingerprint density at radius 1 is 1.16 bits per heavy atom. The number of nitrogens with two attached hydrogens (primary N) is 1. The molecule has 3 N–H and O–H groups in total. The second kappa shape index (κ2) is 7.03. The number of anilines is 1. The van der Waals surface area contributed by atoms with Crippen LogP contribution in [0.5, 0.6) is 0 Å². The van der Waals surface area contributed by atoms with Crippen molar-refractivity contribution in [1.82, 2.24) is 14.5 Å². The summed E-state index contributed by atoms with van der Waals surface area (Å²) < 4.78 is 20.8. The van der Waals surface area contributed by atoms with Crippen molar-refractivity contribution in [3.63, 3.8) is 0 Å². The average molecular weight is 465 g/mol. The van der Waals surface area contributed by atoms with Crippen molar-refractivity contribution < 1.29 is 19.3 Å². The largest absolute Gasteiger partial charge is 0.386 e. The smallest absolute Gasteiger partial charge is 0.165 e. The summed E-state index contributed by atoms with van der Waals surface area (Å²) in [6, 6.07) is 6.82. The number of hydrogen-bond donors (Lipinski definition) is 2. The summed E-state index contributed by atoms with van der Waals surface area (Å²) in [6.45, 7) is 5.56. The zero-order valence-corrected chi connectivity index (χ0v) is 18.6. The first-order chi connectivity index (χ1) is 14.6. The molecule has 0 saturated carbocycles. The average Bonchev–Trinajstić information content (AvgIpc) is 3.31. The molecule has 8 nitrogen and oxygen atoms in total. The monoisotopic (exact) mass is 464 g/mol. The standard InChI is InChI=1S/C21H22Cl2N4O4/c1-20(2)30-16-19(27-7-6-11-17(24)25-9-26-18(11)27)29-15(21(16,3)31-20)14(28)10-4-5-12(22)13(23)8-10/h4-9,14-16,19,28H,1-3H3,(H2,24,25,26)/t14-,15+,16-,19+,21+/m0/s1. The Morgan fingerprint density at radius 3 is 2.68 bits per heavy atom. The van der Waals surface area contributed by atoms with Crippen molar-refractivity contribution >= 4 is 40.1 Å². The molecule has 5 rings (SSSR count). The molecule has 2 aliphatic rings. The van der Waals surface area contributed by atoms with E-state index in [0.29, 0.717) is 32.5 Å². The number of ether oxygens (including phenoxy) is 3. The molecule has 3 aromatic rings. The molecular formula is C21H22Cl2N4O4. The number of aliphatic hydroxyl groups excluding tert-OH is 1. The van der Waals surface area contributed by atoms with E-state index < -0.39 is 35.9 Å². The van der Waals surface area contributed by atoms with Gasteiger partial charge in [-0.05, 0) is 44.5 Å². The number of fused-ring (bicyclic) bond motifs is 2. The molecule has 0 radical (unpaired) electrons. The lowest BCUT2D eigenvalue weighted by molar-refractivity contribution is -0.223. The number of benzene rings is 1. The van der Waals surface area contributed by atoms with Crippen LogP contribution in [0.15, 0.2) is 36.8 Å². The minimum absolute atomic E-state index is 0.349. The Morgan fingerprint density at radius 2 is 1.94 bits per heavy atom. The fraction of sp³-hybridized carbons (Fsp3) is 0.429. The molecule has 2 aromatic heterocycles. The first kappa shape index (κ1) is 20.9. The van der Waals surface area contributed by atoms with Gasteiger partial charge in [-0.2, -0.15) is 0 Å². The molecule has 1 aromatic carbocycles. The molecule has 2 fully saturated rings. The first-order valence-corrected chi connectivity index (χ1v) is 10.6. The highest BCUT2D eigenvalue weighted by atomic mass is 35.5. The summed E-state index contributed by atoms with van der Waals surface area (Å²) >= 11 is 12.2. The molecule has 2 saturated heterocycles. The molecule has 5 atom stereocenters. The fourth-order valence-electron chi connectivity index (χ4n) is 4.62. The highest BCUT2D eigenvalue weighted by Gasteiger charge is 2.65. The SMILES string of the molecule is CC1(C)O[C@H]2[C@H](n3ccc4c(N)ncnc43)O[C@H]([C@@H](O)c3ccc(Cl)c(Cl)c3)[C@@]2(C)O1. The highest BCUT2D eigenvalue weighted by molar-refractivity contribution is 6.42. The number of aromatic nitrogens is 3. The molecule has 2 aliphatic heterocycles. The molecule has 31 heavy (non-hydrogen) atoms. The Hall–Kier alpha value is -1.94. The first-order valence-electron chi connectivity index (χ1n) is 9.84. The molecule has 0 amide bonds. The van der Waals surface area contributed by atoms with Gasteiger partial charge in [0, 0.05) is 6.20 Å². The van der Waals surface area contributed by atoms with Gasteiger partial charge in [0.15, 0.2) is 12.0 Å². The van der Waals surface area contributed by atoms with Crippen LogP contribution >= 0.6 is 23.2 Å². The van der Waals surface area contributed by atoms with Crippen molar-refractivity contribution in [1.29, 1.82) is 0 Å². The Labute approximate surface area is 188 Å². The van der Waals surface area contributed by atoms with Crippen LogP contribution in [-0.4, -0.2) is 43.2 Å². The molecule has 0 unspecified atom stereocenters. The van der Waals surface area contributed by atoms with Gasteiger partial charge in [0.1, 0.15) is 41.7 Å². The number of hydrogen-bond acceptors (Lipinski definition) is 7. The van der Waals surface area contributed by atoms with Gasteiger partial charge in [0.05, 0.1) is 15.4 Å². The summed E-state index contributed by atoms with van der Waals surface area (Å²) in [5, 5.41) is 12.7. The van der Waals surface area contributed by atoms with Crippen LogP contribution in [0, 0.1) is 0 Å². The van der Waals surface area contributed by atoms with Gasteiger partial charge in [-0.1, -0.05) is 29.3 Å². The van der Waals surface area contributed by atoms with E-state index >= 15 is 0 Å². The van der Waals surface area contributed by atoms with Gasteiger partial charge >= 0.3 is 0 Å². The fourth-order valence-corrected chi connectivity index (χ4v) is 4.93. The summed E-state index contributed by atoms with van der Waals surface area (Å²) in [4.78, 5) is 8.41. The minimum atomic E-state index is -1.04. The number of rotatable bonds is 3. The van der Waals surface area contributed by atoms with Crippen LogP contribution in [0.3, 0.4) is 0 Å². The number of nitrogens with zero attached hydrogens (tertiary/aromatic N) is 3. The Balaban J connectivity index is 1.58. The van der Waals surface area contributed by atoms with Gasteiger partial charge in [0.2, 0.25) is 0 Å². The predicted molar refractivity (Wildman–Crippen MR) is 116 cm³/mol. The lowest BCUT2D eigenvalue weighted by atomic mass is 9.88. The lowest BCUT2D eigenvalue weighted by Gasteiger charge is -2.32. The van der Waals surface area contributed by atoms with E-state index in [0.717, 1.165) is 0 Å². The third-order valence-electron chi connectivity index (χ3n) is 5.94. The molecule has 164 valence electrons. The molecule has 4 heterocycles. The summed E-state index contributed by atoms with van der Waals surface area (Å²) in [5.74, 6) is -0.491. The summed E-state index contributed by atoms with van der Waals surface area (Å²) in [5.41, 5.74) is 6.22. The molecule has 0 aliphatic carbocycles. The van der Waals surface area contributed by atoms with E-state index in [1.165, 1.54) is 6.33 Å². The predicted octanol–water partition coefficient (Wildman–Crippen LogP) is 3.86. The normalized spacial score (nSPS) is 30.6. The maximum atomic E-state index is 11.3. The molecule has 10 heteroatoms. The Bertz CT molecular complexity index is 1170. The lowest BCUT2D eigenvalue weighted by Crippen LogP contribution is -2.46. The van der Waals surface area contributed by atoms with E-state index in [1.54, 1.807) is 18.2 Å². The number of aliphatic hydroxyl groups is 1. The Kier molecular flexibility index (Phi) is 4.75. The summed E-state index contributed by atoms with van der Waals surface area (Å²) in [6.07, 6.45) is 0.311. The maximum Gasteiger partial charge on any atom is 0.165 e. The van der Waals surface area contributed by atoms with E-state index in [-0.39, 0.29) is 0 Å². The van der Waals surface area contributed by atoms with Crippen LogP contribution in [0.1, 0.15) is 38.7 Å². The minimum Gasteiger partial charge on any atom is -0.386 e. The van der Waals surface area contributed by atoms with E-state index in [2.05, 4.69) is 9.97 Å². The van der Waals surface area contributed by atoms with Crippen molar-refractivity contribution in [3.05, 3.63) is 52.4 Å². The third-order valence-corrected chi connectivity index (χ3v) is 6.68. The topological polar surface area (TPSA) is 105 Å². The van der Waals surface area contributed by atoms with Crippen LogP contribution < -0.4 is 5.73 Å². The zero-order valence-electron chi connectivity index (χ0n) is 17.1. The van der Waals surface area contributed by atoms with Crippen molar-refractivity contribution in [2.75, 3.05) is 5.73 Å². The summed E-state index contributed by atoms with van der Waals surface area (Å²) in [7, 11) is 0. The van der Waals surface area contributed by atoms with Crippen molar-refractivity contribution in [3.8, 4) is 0 Å². The van der Waals surface area contributed by atoms with Crippen LogP contribution in [0.2, 0.25) is 10.0 Å². The van der Waals surface area contributed by atoms with Gasteiger partial charge in [0.25, 0.3) is 0 Å². The molecular weight excluding hydrogens is 443 g/mol. The van der Waals surface area contributed by atoms with Crippen LogP contribution in [0.25, 0.3) is 11.0 Å². The van der Waals surface area contributed by atoms with E-state index in [1.807, 2.05) is 37.6 Å². The van der Waals surface area contributed by atoms with Crippen molar-refractivity contribution in [2.24, 2.45) is 0 Å². The van der Waals surface area contributed by atoms with Crippen molar-refractivity contribution in [2.45, 2.75) is 56.7 Å². The quantitative estimate of drug-likeness (QED) is 0.605.